The second-order valence-electron chi connectivity index (χ2n) is 4.22. The molecule has 1 N–H and O–H groups in total. The van der Waals surface area contributed by atoms with Crippen molar-refractivity contribution in [3.8, 4) is 5.75 Å². The number of aromatic carboxylic acids is 1. The van der Waals surface area contributed by atoms with E-state index < -0.39 is 17.7 Å². The van der Waals surface area contributed by atoms with Crippen LogP contribution < -0.4 is 4.74 Å². The van der Waals surface area contributed by atoms with Gasteiger partial charge < -0.3 is 9.84 Å². The quantitative estimate of drug-likeness (QED) is 0.907. The van der Waals surface area contributed by atoms with Crippen molar-refractivity contribution in [1.29, 1.82) is 0 Å². The molecular formula is C12H11F3O3. The van der Waals surface area contributed by atoms with Gasteiger partial charge in [0.05, 0.1) is 12.7 Å². The zero-order chi connectivity index (χ0) is 13.5. The number of hydrogen-bond acceptors (Lipinski definition) is 2. The molecule has 0 amide bonds. The van der Waals surface area contributed by atoms with Gasteiger partial charge in [0, 0.05) is 0 Å². The molecule has 1 fully saturated rings. The molecule has 18 heavy (non-hydrogen) atoms. The molecule has 1 aliphatic rings. The molecule has 1 aromatic rings. The van der Waals surface area contributed by atoms with E-state index in [0.29, 0.717) is 12.8 Å². The predicted octanol–water partition coefficient (Wildman–Crippen LogP) is 3.29. The predicted molar refractivity (Wildman–Crippen MR) is 56.9 cm³/mol. The van der Waals surface area contributed by atoms with E-state index in [9.17, 15) is 18.0 Å². The van der Waals surface area contributed by atoms with Gasteiger partial charge in [0.1, 0.15) is 11.3 Å². The summed E-state index contributed by atoms with van der Waals surface area (Å²) in [5.74, 6) is -1.60. The maximum absolute atomic E-state index is 12.7. The Hall–Kier alpha value is -1.72. The number of hydrogen-bond donors (Lipinski definition) is 1. The highest BCUT2D eigenvalue weighted by atomic mass is 19.4. The van der Waals surface area contributed by atoms with Gasteiger partial charge in [0.25, 0.3) is 0 Å². The number of alkyl halides is 3. The molecule has 0 unspecified atom stereocenters. The number of benzene rings is 1. The first-order chi connectivity index (χ1) is 8.34. The lowest BCUT2D eigenvalue weighted by Crippen LogP contribution is -2.11. The first-order valence-corrected chi connectivity index (χ1v) is 5.37. The summed E-state index contributed by atoms with van der Waals surface area (Å²) in [6.45, 7) is 0. The molecule has 1 saturated carbocycles. The van der Waals surface area contributed by atoms with Crippen molar-refractivity contribution in [2.24, 2.45) is 0 Å². The van der Waals surface area contributed by atoms with Gasteiger partial charge in [-0.1, -0.05) is 0 Å². The normalized spacial score (nSPS) is 15.6. The average Bonchev–Trinajstić information content (AvgIpc) is 3.09. The van der Waals surface area contributed by atoms with Crippen LogP contribution in [0.1, 0.15) is 40.2 Å². The molecule has 0 saturated heterocycles. The van der Waals surface area contributed by atoms with Gasteiger partial charge in [-0.05, 0) is 36.5 Å². The van der Waals surface area contributed by atoms with Crippen molar-refractivity contribution in [1.82, 2.24) is 0 Å². The molecular weight excluding hydrogens is 249 g/mol. The number of carboxylic acid groups (broad SMARTS) is 1. The van der Waals surface area contributed by atoms with Gasteiger partial charge in [-0.15, -0.1) is 0 Å². The summed E-state index contributed by atoms with van der Waals surface area (Å²) in [6, 6.07) is 1.65. The summed E-state index contributed by atoms with van der Waals surface area (Å²) in [7, 11) is 1.17. The van der Waals surface area contributed by atoms with Crippen molar-refractivity contribution in [2.75, 3.05) is 7.11 Å². The van der Waals surface area contributed by atoms with Crippen LogP contribution in [-0.2, 0) is 6.18 Å². The summed E-state index contributed by atoms with van der Waals surface area (Å²) >= 11 is 0. The van der Waals surface area contributed by atoms with Crippen molar-refractivity contribution < 1.29 is 27.8 Å². The maximum atomic E-state index is 12.7. The van der Waals surface area contributed by atoms with E-state index in [1.807, 2.05) is 0 Å². The highest BCUT2D eigenvalue weighted by Gasteiger charge is 2.37. The van der Waals surface area contributed by atoms with E-state index in [-0.39, 0.29) is 22.8 Å². The Morgan fingerprint density at radius 3 is 2.39 bits per heavy atom. The lowest BCUT2D eigenvalue weighted by atomic mass is 9.98. The third-order valence-electron chi connectivity index (χ3n) is 2.91. The second-order valence-corrected chi connectivity index (χ2v) is 4.22. The van der Waals surface area contributed by atoms with Crippen molar-refractivity contribution in [3.05, 3.63) is 28.8 Å². The van der Waals surface area contributed by atoms with Crippen LogP contribution in [-0.4, -0.2) is 18.2 Å². The number of methoxy groups -OCH3 is 1. The highest BCUT2D eigenvalue weighted by molar-refractivity contribution is 5.93. The minimum Gasteiger partial charge on any atom is -0.496 e. The van der Waals surface area contributed by atoms with E-state index in [1.54, 1.807) is 0 Å². The maximum Gasteiger partial charge on any atom is 0.416 e. The monoisotopic (exact) mass is 260 g/mol. The number of rotatable bonds is 3. The van der Waals surface area contributed by atoms with Gasteiger partial charge in [-0.2, -0.15) is 13.2 Å². The summed E-state index contributed by atoms with van der Waals surface area (Å²) in [6.07, 6.45) is -3.08. The van der Waals surface area contributed by atoms with Crippen LogP contribution in [0.15, 0.2) is 12.1 Å². The molecule has 0 radical (unpaired) electrons. The van der Waals surface area contributed by atoms with Gasteiger partial charge in [0.2, 0.25) is 0 Å². The third-order valence-corrected chi connectivity index (χ3v) is 2.91. The van der Waals surface area contributed by atoms with E-state index in [0.717, 1.165) is 12.1 Å². The standard InChI is InChI=1S/C12H11F3O3/c1-18-9-5-7(12(13,14)15)4-8(6-2-3-6)10(9)11(16)17/h4-6H,2-3H2,1H3,(H,16,17). The molecule has 0 bridgehead atoms. The fraction of sp³-hybridized carbons (Fsp3) is 0.417. The first kappa shape index (κ1) is 12.7. The Kier molecular flexibility index (Phi) is 2.96. The third kappa shape index (κ3) is 2.27. The molecule has 0 aromatic heterocycles. The van der Waals surface area contributed by atoms with Crippen molar-refractivity contribution in [2.45, 2.75) is 24.9 Å². The SMILES string of the molecule is COc1cc(C(F)(F)F)cc(C2CC2)c1C(=O)O. The Morgan fingerprint density at radius 1 is 1.39 bits per heavy atom. The van der Waals surface area contributed by atoms with E-state index in [4.69, 9.17) is 9.84 Å². The van der Waals surface area contributed by atoms with Crippen LogP contribution >= 0.6 is 0 Å². The van der Waals surface area contributed by atoms with Crippen molar-refractivity contribution >= 4 is 5.97 Å². The summed E-state index contributed by atoms with van der Waals surface area (Å²) in [5, 5.41) is 9.09. The largest absolute Gasteiger partial charge is 0.496 e. The fourth-order valence-corrected chi connectivity index (χ4v) is 1.91. The van der Waals surface area contributed by atoms with Crippen LogP contribution in [0.25, 0.3) is 0 Å². The summed E-state index contributed by atoms with van der Waals surface area (Å²) in [5.41, 5.74) is -0.812. The number of ether oxygens (including phenoxy) is 1. The second kappa shape index (κ2) is 4.19. The van der Waals surface area contributed by atoms with Gasteiger partial charge in [-0.25, -0.2) is 4.79 Å². The van der Waals surface area contributed by atoms with Gasteiger partial charge >= 0.3 is 12.1 Å². The van der Waals surface area contributed by atoms with E-state index >= 15 is 0 Å². The first-order valence-electron chi connectivity index (χ1n) is 5.37. The molecule has 1 aromatic carbocycles. The number of carboxylic acids is 1. The van der Waals surface area contributed by atoms with Crippen LogP contribution in [0, 0.1) is 0 Å². The van der Waals surface area contributed by atoms with E-state index in [1.165, 1.54) is 7.11 Å². The van der Waals surface area contributed by atoms with Crippen LogP contribution in [0.2, 0.25) is 0 Å². The number of halogens is 3. The van der Waals surface area contributed by atoms with Gasteiger partial charge in [0.15, 0.2) is 0 Å². The smallest absolute Gasteiger partial charge is 0.416 e. The van der Waals surface area contributed by atoms with Gasteiger partial charge in [-0.3, -0.25) is 0 Å². The molecule has 98 valence electrons. The molecule has 0 atom stereocenters. The Labute approximate surface area is 101 Å². The Balaban J connectivity index is 2.63. The molecule has 0 heterocycles. The summed E-state index contributed by atoms with van der Waals surface area (Å²) in [4.78, 5) is 11.1. The topological polar surface area (TPSA) is 46.5 Å². The van der Waals surface area contributed by atoms with Crippen LogP contribution in [0.4, 0.5) is 13.2 Å². The lowest BCUT2D eigenvalue weighted by Gasteiger charge is -2.15. The molecule has 0 spiro atoms. The molecule has 3 nitrogen and oxygen atoms in total. The minimum absolute atomic E-state index is 0.104. The molecule has 1 aliphatic carbocycles. The zero-order valence-corrected chi connectivity index (χ0v) is 9.54. The van der Waals surface area contributed by atoms with E-state index in [2.05, 4.69) is 0 Å². The minimum atomic E-state index is -4.51. The highest BCUT2D eigenvalue weighted by Crippen LogP contribution is 2.46. The van der Waals surface area contributed by atoms with Crippen LogP contribution in [0.3, 0.4) is 0 Å². The lowest BCUT2D eigenvalue weighted by molar-refractivity contribution is -0.137. The van der Waals surface area contributed by atoms with Crippen molar-refractivity contribution in [3.63, 3.8) is 0 Å². The zero-order valence-electron chi connectivity index (χ0n) is 9.54. The molecule has 0 aliphatic heterocycles. The summed E-state index contributed by atoms with van der Waals surface area (Å²) < 4.78 is 42.9. The number of carbonyl (C=O) groups is 1. The molecule has 2 rings (SSSR count). The average molecular weight is 260 g/mol. The molecule has 6 heteroatoms. The Bertz CT molecular complexity index is 490. The fourth-order valence-electron chi connectivity index (χ4n) is 1.91. The Morgan fingerprint density at radius 2 is 2.00 bits per heavy atom. The van der Waals surface area contributed by atoms with Crippen LogP contribution in [0.5, 0.6) is 5.75 Å².